The number of anilines is 2. The van der Waals surface area contributed by atoms with Crippen LogP contribution in [0.4, 0.5) is 11.4 Å². The molecule has 0 bridgehead atoms. The zero-order chi connectivity index (χ0) is 12.1. The molecule has 0 saturated heterocycles. The molecule has 1 aromatic heterocycles. The van der Waals surface area contributed by atoms with Crippen LogP contribution in [0.25, 0.3) is 0 Å². The van der Waals surface area contributed by atoms with E-state index in [9.17, 15) is 0 Å². The number of nitrogens with one attached hydrogen (secondary N) is 1. The van der Waals surface area contributed by atoms with Crippen LogP contribution >= 0.6 is 11.3 Å². The molecular formula is C13H16N2OS. The lowest BCUT2D eigenvalue weighted by Crippen LogP contribution is -2.06. The summed E-state index contributed by atoms with van der Waals surface area (Å²) < 4.78 is 5.11. The highest BCUT2D eigenvalue weighted by atomic mass is 32.1. The van der Waals surface area contributed by atoms with E-state index >= 15 is 0 Å². The van der Waals surface area contributed by atoms with E-state index in [2.05, 4.69) is 22.1 Å². The van der Waals surface area contributed by atoms with Crippen molar-refractivity contribution in [1.29, 1.82) is 0 Å². The lowest BCUT2D eigenvalue weighted by molar-refractivity contribution is 0.415. The monoisotopic (exact) mass is 248 g/mol. The zero-order valence-corrected chi connectivity index (χ0v) is 10.6. The highest BCUT2D eigenvalue weighted by Crippen LogP contribution is 2.23. The number of benzene rings is 1. The molecule has 0 amide bonds. The summed E-state index contributed by atoms with van der Waals surface area (Å²) in [5, 5.41) is 7.59. The van der Waals surface area contributed by atoms with Gasteiger partial charge in [-0.2, -0.15) is 11.3 Å². The van der Waals surface area contributed by atoms with Gasteiger partial charge in [0.15, 0.2) is 0 Å². The van der Waals surface area contributed by atoms with Gasteiger partial charge < -0.3 is 15.8 Å². The summed E-state index contributed by atoms with van der Waals surface area (Å²) in [7, 11) is 1.64. The van der Waals surface area contributed by atoms with Gasteiger partial charge >= 0.3 is 0 Å². The minimum atomic E-state index is 0.717. The van der Waals surface area contributed by atoms with Crippen molar-refractivity contribution in [3.63, 3.8) is 0 Å². The second-order valence-electron chi connectivity index (χ2n) is 3.76. The lowest BCUT2D eigenvalue weighted by Gasteiger charge is -2.10. The molecule has 90 valence electrons. The summed E-state index contributed by atoms with van der Waals surface area (Å²) >= 11 is 1.72. The number of nitrogens with two attached hydrogens (primary N) is 1. The van der Waals surface area contributed by atoms with Gasteiger partial charge in [0.25, 0.3) is 0 Å². The first-order chi connectivity index (χ1) is 8.29. The summed E-state index contributed by atoms with van der Waals surface area (Å²) in [6, 6.07) is 7.82. The standard InChI is InChI=1S/C13H16N2OS/c1-16-11-2-3-13(12(14)8-11)15-6-4-10-5-7-17-9-10/h2-3,5,7-9,15H,4,6,14H2,1H3. The summed E-state index contributed by atoms with van der Waals surface area (Å²) in [5.74, 6) is 0.783. The molecule has 0 radical (unpaired) electrons. The van der Waals surface area contributed by atoms with Gasteiger partial charge in [-0.15, -0.1) is 0 Å². The van der Waals surface area contributed by atoms with Crippen LogP contribution in [0.15, 0.2) is 35.0 Å². The van der Waals surface area contributed by atoms with Crippen molar-refractivity contribution in [3.8, 4) is 5.75 Å². The van der Waals surface area contributed by atoms with Gasteiger partial charge in [0.05, 0.1) is 18.5 Å². The Kier molecular flexibility index (Phi) is 3.88. The van der Waals surface area contributed by atoms with Crippen molar-refractivity contribution in [1.82, 2.24) is 0 Å². The Morgan fingerprint density at radius 3 is 2.88 bits per heavy atom. The Morgan fingerprint density at radius 1 is 1.35 bits per heavy atom. The van der Waals surface area contributed by atoms with Crippen LogP contribution in [-0.2, 0) is 6.42 Å². The van der Waals surface area contributed by atoms with E-state index in [1.54, 1.807) is 18.4 Å². The summed E-state index contributed by atoms with van der Waals surface area (Å²) in [4.78, 5) is 0. The summed E-state index contributed by atoms with van der Waals surface area (Å²) in [6.45, 7) is 0.882. The highest BCUT2D eigenvalue weighted by Gasteiger charge is 2.00. The molecule has 0 spiro atoms. The molecule has 2 rings (SSSR count). The molecule has 3 N–H and O–H groups in total. The third-order valence-corrected chi connectivity index (χ3v) is 3.30. The van der Waals surface area contributed by atoms with Crippen molar-refractivity contribution in [2.24, 2.45) is 0 Å². The second-order valence-corrected chi connectivity index (χ2v) is 4.54. The molecule has 0 aliphatic rings. The van der Waals surface area contributed by atoms with E-state index in [1.165, 1.54) is 5.56 Å². The quantitative estimate of drug-likeness (QED) is 0.800. The molecule has 1 aromatic carbocycles. The number of ether oxygens (including phenoxy) is 1. The van der Waals surface area contributed by atoms with Gasteiger partial charge in [-0.1, -0.05) is 0 Å². The lowest BCUT2D eigenvalue weighted by atomic mass is 10.2. The van der Waals surface area contributed by atoms with E-state index in [-0.39, 0.29) is 0 Å². The molecule has 0 aliphatic heterocycles. The Bertz CT molecular complexity index is 468. The predicted octanol–water partition coefficient (Wildman–Crippen LogP) is 2.99. The molecule has 1 heterocycles. The molecule has 4 heteroatoms. The second kappa shape index (κ2) is 5.59. The number of nitrogen functional groups attached to an aromatic ring is 1. The van der Waals surface area contributed by atoms with Gasteiger partial charge in [0.2, 0.25) is 0 Å². The average molecular weight is 248 g/mol. The Balaban J connectivity index is 1.90. The molecule has 0 fully saturated rings. The molecule has 0 unspecified atom stereocenters. The minimum Gasteiger partial charge on any atom is -0.497 e. The van der Waals surface area contributed by atoms with E-state index in [4.69, 9.17) is 10.5 Å². The number of hydrogen-bond acceptors (Lipinski definition) is 4. The van der Waals surface area contributed by atoms with Crippen molar-refractivity contribution in [2.75, 3.05) is 24.7 Å². The van der Waals surface area contributed by atoms with Crippen molar-refractivity contribution >= 4 is 22.7 Å². The fraction of sp³-hybridized carbons (Fsp3) is 0.231. The number of methoxy groups -OCH3 is 1. The first kappa shape index (κ1) is 11.8. The Labute approximate surface area is 105 Å². The zero-order valence-electron chi connectivity index (χ0n) is 9.77. The van der Waals surface area contributed by atoms with E-state index in [0.29, 0.717) is 0 Å². The Hall–Kier alpha value is -1.68. The molecule has 3 nitrogen and oxygen atoms in total. The SMILES string of the molecule is COc1ccc(NCCc2ccsc2)c(N)c1. The number of rotatable bonds is 5. The van der Waals surface area contributed by atoms with Gasteiger partial charge in [-0.05, 0) is 40.9 Å². The van der Waals surface area contributed by atoms with Crippen LogP contribution in [0.3, 0.4) is 0 Å². The van der Waals surface area contributed by atoms with E-state index < -0.39 is 0 Å². The van der Waals surface area contributed by atoms with Crippen LogP contribution < -0.4 is 15.8 Å². The van der Waals surface area contributed by atoms with Crippen molar-refractivity contribution in [2.45, 2.75) is 6.42 Å². The molecule has 2 aromatic rings. The largest absolute Gasteiger partial charge is 0.497 e. The average Bonchev–Trinajstić information content (AvgIpc) is 2.84. The predicted molar refractivity (Wildman–Crippen MR) is 73.9 cm³/mol. The van der Waals surface area contributed by atoms with Crippen molar-refractivity contribution < 1.29 is 4.74 Å². The number of hydrogen-bond donors (Lipinski definition) is 2. The van der Waals surface area contributed by atoms with Gasteiger partial charge in [-0.3, -0.25) is 0 Å². The van der Waals surface area contributed by atoms with Crippen LogP contribution in [0, 0.1) is 0 Å². The summed E-state index contributed by atoms with van der Waals surface area (Å²) in [6.07, 6.45) is 1.01. The van der Waals surface area contributed by atoms with Crippen LogP contribution in [0.1, 0.15) is 5.56 Å². The summed E-state index contributed by atoms with van der Waals surface area (Å²) in [5.41, 5.74) is 8.95. The molecule has 17 heavy (non-hydrogen) atoms. The first-order valence-corrected chi connectivity index (χ1v) is 6.42. The maximum absolute atomic E-state index is 5.92. The molecule has 0 atom stereocenters. The third-order valence-electron chi connectivity index (χ3n) is 2.57. The topological polar surface area (TPSA) is 47.3 Å². The van der Waals surface area contributed by atoms with E-state index in [1.807, 2.05) is 18.2 Å². The normalized spacial score (nSPS) is 10.2. The molecular weight excluding hydrogens is 232 g/mol. The smallest absolute Gasteiger partial charge is 0.121 e. The molecule has 0 saturated carbocycles. The van der Waals surface area contributed by atoms with Crippen molar-refractivity contribution in [3.05, 3.63) is 40.6 Å². The van der Waals surface area contributed by atoms with E-state index in [0.717, 1.165) is 30.1 Å². The van der Waals surface area contributed by atoms with Gasteiger partial charge in [0.1, 0.15) is 5.75 Å². The van der Waals surface area contributed by atoms with Gasteiger partial charge in [0, 0.05) is 12.6 Å². The highest BCUT2D eigenvalue weighted by molar-refractivity contribution is 7.07. The number of thiophene rings is 1. The van der Waals surface area contributed by atoms with Gasteiger partial charge in [-0.25, -0.2) is 0 Å². The minimum absolute atomic E-state index is 0.717. The fourth-order valence-corrected chi connectivity index (χ4v) is 2.31. The third kappa shape index (κ3) is 3.14. The van der Waals surface area contributed by atoms with Crippen LogP contribution in [0.5, 0.6) is 5.75 Å². The fourth-order valence-electron chi connectivity index (χ4n) is 1.61. The first-order valence-electron chi connectivity index (χ1n) is 5.48. The van der Waals surface area contributed by atoms with Crippen LogP contribution in [-0.4, -0.2) is 13.7 Å². The maximum Gasteiger partial charge on any atom is 0.121 e. The van der Waals surface area contributed by atoms with Crippen LogP contribution in [0.2, 0.25) is 0 Å². The maximum atomic E-state index is 5.92. The molecule has 0 aliphatic carbocycles. The Morgan fingerprint density at radius 2 is 2.24 bits per heavy atom.